The Hall–Kier alpha value is -2.74. The molecule has 0 fully saturated rings. The Kier molecular flexibility index (Phi) is 4.85. The number of aromatic nitrogens is 2. The molecule has 0 bridgehead atoms. The molecule has 2 aromatic carbocycles. The van der Waals surface area contributed by atoms with Gasteiger partial charge in [-0.3, -0.25) is 10.1 Å². The molecule has 0 radical (unpaired) electrons. The van der Waals surface area contributed by atoms with Crippen molar-refractivity contribution < 1.29 is 10.2 Å². The number of benzene rings is 2. The predicted octanol–water partition coefficient (Wildman–Crippen LogP) is 4.41. The van der Waals surface area contributed by atoms with Crippen LogP contribution in [-0.4, -0.2) is 21.3 Å². The van der Waals surface area contributed by atoms with Gasteiger partial charge in [0.2, 0.25) is 0 Å². The van der Waals surface area contributed by atoms with Crippen LogP contribution in [0, 0.1) is 11.6 Å². The van der Waals surface area contributed by atoms with Gasteiger partial charge in [-0.15, -0.1) is 4.99 Å². The van der Waals surface area contributed by atoms with Crippen LogP contribution in [0.4, 0.5) is 11.4 Å². The first kappa shape index (κ1) is 16.1. The second-order valence-electron chi connectivity index (χ2n) is 5.13. The van der Waals surface area contributed by atoms with E-state index in [0.29, 0.717) is 10.3 Å². The Bertz CT molecular complexity index is 899. The number of H-pyrrole nitrogens is 1. The maximum Gasteiger partial charge on any atom is 0.136 e. The lowest BCUT2D eigenvalue weighted by molar-refractivity contribution is -0.215. The first-order chi connectivity index (χ1) is 11.7. The van der Waals surface area contributed by atoms with Crippen molar-refractivity contribution in [3.8, 4) is 5.69 Å². The van der Waals surface area contributed by atoms with Crippen LogP contribution in [0.15, 0.2) is 59.6 Å². The lowest BCUT2D eigenvalue weighted by Crippen LogP contribution is -1.95. The molecule has 0 spiro atoms. The zero-order chi connectivity index (χ0) is 16.9. The second kappa shape index (κ2) is 7.22. The topological polar surface area (TPSA) is 74.6 Å². The van der Waals surface area contributed by atoms with E-state index >= 15 is 0 Å². The Morgan fingerprint density at radius 1 is 1.17 bits per heavy atom. The Morgan fingerprint density at radius 2 is 1.88 bits per heavy atom. The van der Waals surface area contributed by atoms with E-state index < -0.39 is 0 Å². The van der Waals surface area contributed by atoms with Crippen LogP contribution < -0.4 is 5.48 Å². The number of aromatic amines is 1. The first-order valence-electron chi connectivity index (χ1n) is 7.26. The fraction of sp³-hybridized carbons (Fsp3) is 0.0588. The van der Waals surface area contributed by atoms with E-state index in [2.05, 4.69) is 20.6 Å². The van der Waals surface area contributed by atoms with Gasteiger partial charge in [0, 0.05) is 11.9 Å². The number of nitrogens with one attached hydrogen (secondary N) is 2. The van der Waals surface area contributed by atoms with Crippen LogP contribution in [0.25, 0.3) is 5.69 Å². The summed E-state index contributed by atoms with van der Waals surface area (Å²) >= 11 is 5.55. The van der Waals surface area contributed by atoms with Crippen molar-refractivity contribution in [3.05, 3.63) is 70.5 Å². The quantitative estimate of drug-likeness (QED) is 0.278. The van der Waals surface area contributed by atoms with E-state index in [1.165, 1.54) is 0 Å². The molecule has 3 aromatic rings. The summed E-state index contributed by atoms with van der Waals surface area (Å²) in [6.45, 7) is 1.96. The van der Waals surface area contributed by atoms with E-state index in [0.717, 1.165) is 22.6 Å². The third kappa shape index (κ3) is 3.43. The lowest BCUT2D eigenvalue weighted by Gasteiger charge is -2.01. The number of anilines is 1. The number of hydrogen-bond acceptors (Lipinski definition) is 5. The summed E-state index contributed by atoms with van der Waals surface area (Å²) in [6.07, 6.45) is 1.75. The second-order valence-corrected chi connectivity index (χ2v) is 5.51. The minimum absolute atomic E-state index is 0.625. The molecule has 0 aliphatic carbocycles. The molecule has 1 heterocycles. The average molecular weight is 340 g/mol. The largest absolute Gasteiger partial charge is 0.297 e. The molecular weight excluding hydrogens is 324 g/mol. The van der Waals surface area contributed by atoms with Gasteiger partial charge in [-0.2, -0.15) is 0 Å². The molecule has 7 heteroatoms. The van der Waals surface area contributed by atoms with Crippen LogP contribution in [0.2, 0.25) is 0 Å². The van der Waals surface area contributed by atoms with Crippen molar-refractivity contribution in [2.75, 3.05) is 5.48 Å². The normalized spacial score (nSPS) is 11.1. The van der Waals surface area contributed by atoms with Crippen molar-refractivity contribution in [2.24, 2.45) is 4.99 Å². The zero-order valence-electron chi connectivity index (χ0n) is 12.9. The molecule has 6 nitrogen and oxygen atoms in total. The molecule has 0 saturated heterocycles. The smallest absolute Gasteiger partial charge is 0.136 e. The standard InChI is InChI=1S/C17H16N4O2S/c1-12-16(11-18-13-7-9-14(10-8-13)20-23-22)17(24)21(19-12)15-5-3-2-4-6-15/h2-11,19-20,22H,1H3. The lowest BCUT2D eigenvalue weighted by atomic mass is 10.2. The van der Waals surface area contributed by atoms with E-state index in [1.807, 2.05) is 41.9 Å². The van der Waals surface area contributed by atoms with Crippen molar-refractivity contribution in [1.29, 1.82) is 0 Å². The van der Waals surface area contributed by atoms with Crippen LogP contribution in [0.3, 0.4) is 0 Å². The monoisotopic (exact) mass is 340 g/mol. The number of nitrogens with zero attached hydrogens (tertiary/aromatic N) is 2. The molecule has 0 atom stereocenters. The third-order valence-electron chi connectivity index (χ3n) is 3.50. The molecule has 3 N–H and O–H groups in total. The minimum atomic E-state index is 0.625. The van der Waals surface area contributed by atoms with Crippen LogP contribution in [0.5, 0.6) is 0 Å². The van der Waals surface area contributed by atoms with Crippen LogP contribution >= 0.6 is 12.2 Å². The van der Waals surface area contributed by atoms with Crippen molar-refractivity contribution >= 4 is 29.8 Å². The summed E-state index contributed by atoms with van der Waals surface area (Å²) in [4.78, 5) is 8.31. The SMILES string of the molecule is Cc1[nH]n(-c2ccccc2)c(=S)c1C=Nc1ccc(NOO)cc1. The summed E-state index contributed by atoms with van der Waals surface area (Å²) in [5, 5.41) is 11.6. The van der Waals surface area contributed by atoms with Crippen LogP contribution in [0.1, 0.15) is 11.3 Å². The van der Waals surface area contributed by atoms with Crippen molar-refractivity contribution in [2.45, 2.75) is 6.92 Å². The summed E-state index contributed by atoms with van der Waals surface area (Å²) in [5.41, 5.74) is 6.51. The number of rotatable bonds is 5. The molecule has 0 amide bonds. The molecule has 1 aromatic heterocycles. The first-order valence-corrected chi connectivity index (χ1v) is 7.67. The Balaban J connectivity index is 1.88. The zero-order valence-corrected chi connectivity index (χ0v) is 13.7. The molecule has 3 rings (SSSR count). The van der Waals surface area contributed by atoms with E-state index in [4.69, 9.17) is 17.5 Å². The minimum Gasteiger partial charge on any atom is -0.297 e. The highest BCUT2D eigenvalue weighted by atomic mass is 32.1. The third-order valence-corrected chi connectivity index (χ3v) is 3.91. The molecular formula is C17H16N4O2S. The van der Waals surface area contributed by atoms with Gasteiger partial charge in [0.05, 0.1) is 22.6 Å². The van der Waals surface area contributed by atoms with Gasteiger partial charge >= 0.3 is 0 Å². The Labute approximate surface area is 143 Å². The van der Waals surface area contributed by atoms with Gasteiger partial charge in [-0.25, -0.2) is 15.4 Å². The molecule has 122 valence electrons. The molecule has 0 saturated carbocycles. The van der Waals surface area contributed by atoms with Gasteiger partial charge in [0.15, 0.2) is 0 Å². The number of aliphatic imine (C=N–C) groups is 1. The van der Waals surface area contributed by atoms with Gasteiger partial charge in [0.1, 0.15) is 4.64 Å². The van der Waals surface area contributed by atoms with E-state index in [-0.39, 0.29) is 0 Å². The van der Waals surface area contributed by atoms with E-state index in [1.54, 1.807) is 30.5 Å². The number of hydrogen-bond donors (Lipinski definition) is 3. The van der Waals surface area contributed by atoms with Crippen molar-refractivity contribution in [1.82, 2.24) is 9.78 Å². The predicted molar refractivity (Wildman–Crippen MR) is 96.7 cm³/mol. The average Bonchev–Trinajstić information content (AvgIpc) is 2.90. The Morgan fingerprint density at radius 3 is 2.54 bits per heavy atom. The fourth-order valence-corrected chi connectivity index (χ4v) is 2.63. The maximum atomic E-state index is 8.34. The van der Waals surface area contributed by atoms with Crippen molar-refractivity contribution in [3.63, 3.8) is 0 Å². The maximum absolute atomic E-state index is 8.34. The summed E-state index contributed by atoms with van der Waals surface area (Å²) < 4.78 is 2.53. The number of aryl methyl sites for hydroxylation is 1. The summed E-state index contributed by atoms with van der Waals surface area (Å²) in [7, 11) is 0. The molecule has 0 aliphatic heterocycles. The van der Waals surface area contributed by atoms with Gasteiger partial charge < -0.3 is 0 Å². The molecule has 0 unspecified atom stereocenters. The van der Waals surface area contributed by atoms with Gasteiger partial charge in [-0.1, -0.05) is 30.4 Å². The van der Waals surface area contributed by atoms with Gasteiger partial charge in [-0.05, 0) is 43.3 Å². The molecule has 0 aliphatic rings. The summed E-state index contributed by atoms with van der Waals surface area (Å²) in [6, 6.07) is 17.0. The fourth-order valence-electron chi connectivity index (χ4n) is 2.28. The highest BCUT2D eigenvalue weighted by molar-refractivity contribution is 7.71. The highest BCUT2D eigenvalue weighted by Crippen LogP contribution is 2.18. The molecule has 24 heavy (non-hydrogen) atoms. The van der Waals surface area contributed by atoms with Crippen LogP contribution in [-0.2, 0) is 4.99 Å². The van der Waals surface area contributed by atoms with Gasteiger partial charge in [0.25, 0.3) is 0 Å². The highest BCUT2D eigenvalue weighted by Gasteiger charge is 2.07. The van der Waals surface area contributed by atoms with E-state index in [9.17, 15) is 0 Å². The number of para-hydroxylation sites is 1. The summed E-state index contributed by atoms with van der Waals surface area (Å²) in [5.74, 6) is 0.